The van der Waals surface area contributed by atoms with Gasteiger partial charge in [-0.15, -0.1) is 0 Å². The van der Waals surface area contributed by atoms with Crippen molar-refractivity contribution in [3.8, 4) is 0 Å². The zero-order chi connectivity index (χ0) is 11.4. The van der Waals surface area contributed by atoms with Crippen molar-refractivity contribution in [3.63, 3.8) is 0 Å². The summed E-state index contributed by atoms with van der Waals surface area (Å²) in [6, 6.07) is 0. The third-order valence-electron chi connectivity index (χ3n) is 2.74. The Morgan fingerprint density at radius 2 is 2.19 bits per heavy atom. The van der Waals surface area contributed by atoms with Gasteiger partial charge in [0.05, 0.1) is 0 Å². The molecule has 1 aromatic rings. The molecular weight excluding hydrogens is 206 g/mol. The number of amides is 1. The fourth-order valence-electron chi connectivity index (χ4n) is 1.89. The summed E-state index contributed by atoms with van der Waals surface area (Å²) in [6.45, 7) is 3.80. The average Bonchev–Trinajstić information content (AvgIpc) is 2.89. The molecule has 1 saturated heterocycles. The van der Waals surface area contributed by atoms with E-state index in [2.05, 4.69) is 17.1 Å². The highest BCUT2D eigenvalue weighted by atomic mass is 16.5. The first-order valence-electron chi connectivity index (χ1n) is 5.89. The third kappa shape index (κ3) is 2.59. The van der Waals surface area contributed by atoms with Crippen LogP contribution >= 0.6 is 0 Å². The van der Waals surface area contributed by atoms with E-state index in [0.29, 0.717) is 11.7 Å². The maximum Gasteiger partial charge on any atom is 0.236 e. The van der Waals surface area contributed by atoms with Gasteiger partial charge >= 0.3 is 0 Å². The summed E-state index contributed by atoms with van der Waals surface area (Å²) in [6.07, 6.45) is 4.25. The minimum absolute atomic E-state index is 0.101. The van der Waals surface area contributed by atoms with Gasteiger partial charge in [0.15, 0.2) is 5.82 Å². The van der Waals surface area contributed by atoms with E-state index < -0.39 is 0 Å². The second-order valence-corrected chi connectivity index (χ2v) is 4.12. The molecule has 1 amide bonds. The molecule has 2 rings (SSSR count). The predicted molar refractivity (Wildman–Crippen MR) is 57.8 cm³/mol. The zero-order valence-electron chi connectivity index (χ0n) is 9.61. The number of carbonyl (C=O) groups excluding carboxylic acids is 1. The van der Waals surface area contributed by atoms with Crippen molar-refractivity contribution in [1.82, 2.24) is 15.0 Å². The van der Waals surface area contributed by atoms with Crippen molar-refractivity contribution >= 4 is 5.91 Å². The SMILES string of the molecule is CCCc1noc(CC(=O)N2CCCC2)n1. The molecular formula is C11H17N3O2. The maximum atomic E-state index is 11.8. The van der Waals surface area contributed by atoms with E-state index in [9.17, 15) is 4.79 Å². The van der Waals surface area contributed by atoms with Crippen molar-refractivity contribution in [2.24, 2.45) is 0 Å². The Bertz CT molecular complexity index is 356. The van der Waals surface area contributed by atoms with Crippen LogP contribution in [0.2, 0.25) is 0 Å². The first-order valence-corrected chi connectivity index (χ1v) is 5.89. The zero-order valence-corrected chi connectivity index (χ0v) is 9.61. The van der Waals surface area contributed by atoms with Gasteiger partial charge in [0, 0.05) is 19.5 Å². The fourth-order valence-corrected chi connectivity index (χ4v) is 1.89. The van der Waals surface area contributed by atoms with Crippen LogP contribution in [0, 0.1) is 0 Å². The Balaban J connectivity index is 1.89. The monoisotopic (exact) mass is 223 g/mol. The van der Waals surface area contributed by atoms with Gasteiger partial charge in [0.2, 0.25) is 11.8 Å². The molecule has 0 aliphatic carbocycles. The van der Waals surface area contributed by atoms with Gasteiger partial charge in [0.1, 0.15) is 6.42 Å². The molecule has 0 atom stereocenters. The summed E-state index contributed by atoms with van der Waals surface area (Å²) in [5.74, 6) is 1.25. The Morgan fingerprint density at radius 1 is 1.44 bits per heavy atom. The Morgan fingerprint density at radius 3 is 2.88 bits per heavy atom. The van der Waals surface area contributed by atoms with Crippen LogP contribution in [0.1, 0.15) is 37.9 Å². The average molecular weight is 223 g/mol. The van der Waals surface area contributed by atoms with Gasteiger partial charge in [0.25, 0.3) is 0 Å². The summed E-state index contributed by atoms with van der Waals surface area (Å²) < 4.78 is 5.04. The van der Waals surface area contributed by atoms with Gasteiger partial charge < -0.3 is 9.42 Å². The number of hydrogen-bond acceptors (Lipinski definition) is 4. The van der Waals surface area contributed by atoms with E-state index in [0.717, 1.165) is 38.8 Å². The molecule has 5 nitrogen and oxygen atoms in total. The van der Waals surface area contributed by atoms with Crippen LogP contribution in [0.25, 0.3) is 0 Å². The fraction of sp³-hybridized carbons (Fsp3) is 0.727. The summed E-state index contributed by atoms with van der Waals surface area (Å²) in [5, 5.41) is 3.83. The van der Waals surface area contributed by atoms with E-state index in [4.69, 9.17) is 4.52 Å². The molecule has 1 aliphatic heterocycles. The number of likely N-dealkylation sites (tertiary alicyclic amines) is 1. The van der Waals surface area contributed by atoms with E-state index in [1.165, 1.54) is 0 Å². The number of rotatable bonds is 4. The summed E-state index contributed by atoms with van der Waals surface area (Å²) in [4.78, 5) is 17.8. The van der Waals surface area contributed by atoms with Crippen molar-refractivity contribution in [3.05, 3.63) is 11.7 Å². The number of aryl methyl sites for hydroxylation is 1. The quantitative estimate of drug-likeness (QED) is 0.769. The second kappa shape index (κ2) is 5.09. The molecule has 1 fully saturated rings. The maximum absolute atomic E-state index is 11.8. The molecule has 1 aliphatic rings. The highest BCUT2D eigenvalue weighted by Crippen LogP contribution is 2.10. The minimum atomic E-state index is 0.101. The lowest BCUT2D eigenvalue weighted by atomic mass is 10.3. The van der Waals surface area contributed by atoms with Crippen molar-refractivity contribution in [1.29, 1.82) is 0 Å². The van der Waals surface area contributed by atoms with Gasteiger partial charge in [-0.3, -0.25) is 4.79 Å². The van der Waals surface area contributed by atoms with Crippen LogP contribution in [0.15, 0.2) is 4.52 Å². The summed E-state index contributed by atoms with van der Waals surface area (Å²) in [5.41, 5.74) is 0. The van der Waals surface area contributed by atoms with Gasteiger partial charge in [-0.2, -0.15) is 4.98 Å². The Kier molecular flexibility index (Phi) is 3.54. The molecule has 88 valence electrons. The molecule has 5 heteroatoms. The van der Waals surface area contributed by atoms with E-state index in [1.54, 1.807) is 0 Å². The molecule has 0 radical (unpaired) electrons. The first kappa shape index (κ1) is 11.1. The molecule has 0 bridgehead atoms. The standard InChI is InChI=1S/C11H17N3O2/c1-2-5-9-12-10(16-13-9)8-11(15)14-6-3-4-7-14/h2-8H2,1H3. The normalized spacial score (nSPS) is 15.7. The molecule has 0 N–H and O–H groups in total. The van der Waals surface area contributed by atoms with Crippen LogP contribution in [0.4, 0.5) is 0 Å². The lowest BCUT2D eigenvalue weighted by Crippen LogP contribution is -2.29. The van der Waals surface area contributed by atoms with Crippen molar-refractivity contribution < 1.29 is 9.32 Å². The number of aromatic nitrogens is 2. The molecule has 2 heterocycles. The highest BCUT2D eigenvalue weighted by molar-refractivity contribution is 5.78. The van der Waals surface area contributed by atoms with E-state index in [-0.39, 0.29) is 12.3 Å². The molecule has 16 heavy (non-hydrogen) atoms. The van der Waals surface area contributed by atoms with Crippen molar-refractivity contribution in [2.75, 3.05) is 13.1 Å². The van der Waals surface area contributed by atoms with Crippen molar-refractivity contribution in [2.45, 2.75) is 39.0 Å². The van der Waals surface area contributed by atoms with Crippen LogP contribution in [-0.2, 0) is 17.6 Å². The smallest absolute Gasteiger partial charge is 0.236 e. The topological polar surface area (TPSA) is 59.2 Å². The molecule has 1 aromatic heterocycles. The molecule has 0 spiro atoms. The van der Waals surface area contributed by atoms with Crippen LogP contribution in [-0.4, -0.2) is 34.0 Å². The number of carbonyl (C=O) groups is 1. The second-order valence-electron chi connectivity index (χ2n) is 4.12. The van der Waals surface area contributed by atoms with Gasteiger partial charge in [-0.05, 0) is 19.3 Å². The van der Waals surface area contributed by atoms with Crippen LogP contribution in [0.5, 0.6) is 0 Å². The van der Waals surface area contributed by atoms with E-state index in [1.807, 2.05) is 4.90 Å². The minimum Gasteiger partial charge on any atom is -0.342 e. The lowest BCUT2D eigenvalue weighted by Gasteiger charge is -2.13. The van der Waals surface area contributed by atoms with E-state index >= 15 is 0 Å². The number of nitrogens with zero attached hydrogens (tertiary/aromatic N) is 3. The number of hydrogen-bond donors (Lipinski definition) is 0. The van der Waals surface area contributed by atoms with Gasteiger partial charge in [-0.25, -0.2) is 0 Å². The Hall–Kier alpha value is -1.39. The summed E-state index contributed by atoms with van der Waals surface area (Å²) in [7, 11) is 0. The van der Waals surface area contributed by atoms with Crippen LogP contribution < -0.4 is 0 Å². The highest BCUT2D eigenvalue weighted by Gasteiger charge is 2.20. The molecule has 0 aromatic carbocycles. The largest absolute Gasteiger partial charge is 0.342 e. The van der Waals surface area contributed by atoms with Crippen LogP contribution in [0.3, 0.4) is 0 Å². The summed E-state index contributed by atoms with van der Waals surface area (Å²) >= 11 is 0. The Labute approximate surface area is 94.8 Å². The third-order valence-corrected chi connectivity index (χ3v) is 2.74. The molecule has 0 unspecified atom stereocenters. The lowest BCUT2D eigenvalue weighted by molar-refractivity contribution is -0.129. The first-order chi connectivity index (χ1) is 7.79. The molecule has 0 saturated carbocycles. The van der Waals surface area contributed by atoms with Gasteiger partial charge in [-0.1, -0.05) is 12.1 Å². The predicted octanol–water partition coefficient (Wildman–Crippen LogP) is 1.19.